The van der Waals surface area contributed by atoms with Gasteiger partial charge in [-0.1, -0.05) is 11.6 Å². The number of pyridine rings is 1. The topological polar surface area (TPSA) is 22.0 Å². The third kappa shape index (κ3) is 4.20. The summed E-state index contributed by atoms with van der Waals surface area (Å²) in [6.45, 7) is 0. The lowest BCUT2D eigenvalue weighted by molar-refractivity contribution is -0.162. The van der Waals surface area contributed by atoms with E-state index < -0.39 is 63.4 Å². The van der Waals surface area contributed by atoms with Crippen molar-refractivity contribution in [3.63, 3.8) is 0 Å². The largest absolute Gasteiger partial charge is 0.418 e. The second kappa shape index (κ2) is 6.43. The van der Waals surface area contributed by atoms with Gasteiger partial charge in [0.25, 0.3) is 5.56 Å². The molecule has 0 aliphatic rings. The predicted octanol–water partition coefficient (Wildman–Crippen LogP) is 5.69. The number of nitrogens with zero attached hydrogens (tertiary/aromatic N) is 1. The summed E-state index contributed by atoms with van der Waals surface area (Å²) in [4.78, 5) is 11.8. The molecule has 0 unspecified atom stereocenters. The van der Waals surface area contributed by atoms with Crippen LogP contribution in [0.15, 0.2) is 29.2 Å². The monoisotopic (exact) mass is 427 g/mol. The van der Waals surface area contributed by atoms with E-state index in [0.717, 1.165) is 0 Å². The fraction of sp³-hybridized carbons (Fsp3) is 0.214. The first kappa shape index (κ1) is 21.1. The molecule has 2 nitrogen and oxygen atoms in total. The molecular formula is C14H4ClF10NO. The van der Waals surface area contributed by atoms with Gasteiger partial charge in [0.05, 0.1) is 21.7 Å². The fourth-order valence-corrected chi connectivity index (χ4v) is 2.43. The highest BCUT2D eigenvalue weighted by Gasteiger charge is 2.44. The van der Waals surface area contributed by atoms with Crippen molar-refractivity contribution in [1.29, 1.82) is 0 Å². The van der Waals surface area contributed by atoms with Crippen molar-refractivity contribution >= 4 is 11.6 Å². The lowest BCUT2D eigenvalue weighted by Crippen LogP contribution is -2.27. The van der Waals surface area contributed by atoms with Crippen LogP contribution in [0.25, 0.3) is 5.69 Å². The molecule has 0 fully saturated rings. The first-order valence-electron chi connectivity index (χ1n) is 6.51. The van der Waals surface area contributed by atoms with Crippen LogP contribution in [0.2, 0.25) is 5.02 Å². The van der Waals surface area contributed by atoms with Crippen LogP contribution in [-0.4, -0.2) is 4.57 Å². The zero-order valence-electron chi connectivity index (χ0n) is 12.3. The van der Waals surface area contributed by atoms with E-state index in [1.165, 1.54) is 0 Å². The fourth-order valence-electron chi connectivity index (χ4n) is 2.13. The maximum Gasteiger partial charge on any atom is 0.418 e. The molecule has 0 amide bonds. The van der Waals surface area contributed by atoms with E-state index in [4.69, 9.17) is 11.6 Å². The van der Waals surface area contributed by atoms with Crippen molar-refractivity contribution in [1.82, 2.24) is 4.57 Å². The summed E-state index contributed by atoms with van der Waals surface area (Å²) in [6, 6.07) is -0.480. The van der Waals surface area contributed by atoms with Gasteiger partial charge >= 0.3 is 18.5 Å². The molecule has 1 aromatic carbocycles. The zero-order valence-corrected chi connectivity index (χ0v) is 13.1. The van der Waals surface area contributed by atoms with Gasteiger partial charge in [0.1, 0.15) is 11.5 Å². The van der Waals surface area contributed by atoms with Crippen LogP contribution in [0.4, 0.5) is 43.9 Å². The molecule has 0 aliphatic heterocycles. The Balaban J connectivity index is 2.84. The van der Waals surface area contributed by atoms with Crippen LogP contribution in [-0.2, 0) is 18.5 Å². The zero-order chi connectivity index (χ0) is 20.9. The predicted molar refractivity (Wildman–Crippen MR) is 72.0 cm³/mol. The summed E-state index contributed by atoms with van der Waals surface area (Å²) in [5.74, 6) is -1.86. The molecule has 0 saturated heterocycles. The normalized spacial score (nSPS) is 13.1. The van der Waals surface area contributed by atoms with E-state index in [2.05, 4.69) is 0 Å². The minimum atomic E-state index is -5.60. The summed E-state index contributed by atoms with van der Waals surface area (Å²) < 4.78 is 129. The Morgan fingerprint density at radius 1 is 0.778 bits per heavy atom. The molecule has 13 heteroatoms. The molecule has 0 saturated carbocycles. The van der Waals surface area contributed by atoms with E-state index >= 15 is 0 Å². The van der Waals surface area contributed by atoms with Crippen LogP contribution in [0, 0.1) is 5.82 Å². The smallest absolute Gasteiger partial charge is 0.279 e. The van der Waals surface area contributed by atoms with Gasteiger partial charge in [-0.05, 0) is 12.1 Å². The van der Waals surface area contributed by atoms with E-state index in [1.54, 1.807) is 0 Å². The number of hydrogen-bond acceptors (Lipinski definition) is 1. The number of rotatable bonds is 1. The van der Waals surface area contributed by atoms with Gasteiger partial charge in [-0.3, -0.25) is 9.36 Å². The molecule has 0 aliphatic carbocycles. The van der Waals surface area contributed by atoms with E-state index in [0.29, 0.717) is 0 Å². The van der Waals surface area contributed by atoms with E-state index in [-0.39, 0.29) is 22.9 Å². The van der Waals surface area contributed by atoms with E-state index in [1.807, 2.05) is 0 Å². The van der Waals surface area contributed by atoms with Crippen LogP contribution < -0.4 is 5.56 Å². The minimum absolute atomic E-state index is 0.122. The van der Waals surface area contributed by atoms with Crippen LogP contribution in [0.5, 0.6) is 0 Å². The van der Waals surface area contributed by atoms with Gasteiger partial charge in [-0.25, -0.2) is 4.39 Å². The molecule has 2 aromatic rings. The Morgan fingerprint density at radius 3 is 1.70 bits per heavy atom. The molecule has 0 atom stereocenters. The summed E-state index contributed by atoms with van der Waals surface area (Å²) in [7, 11) is 0. The van der Waals surface area contributed by atoms with Crippen molar-refractivity contribution in [2.45, 2.75) is 18.5 Å². The molecule has 0 radical (unpaired) electrons. The van der Waals surface area contributed by atoms with Crippen molar-refractivity contribution in [3.05, 3.63) is 62.3 Å². The van der Waals surface area contributed by atoms with Gasteiger partial charge in [0.2, 0.25) is 0 Å². The highest BCUT2D eigenvalue weighted by Crippen LogP contribution is 2.40. The lowest BCUT2D eigenvalue weighted by Gasteiger charge is -2.18. The molecule has 0 N–H and O–H groups in total. The Morgan fingerprint density at radius 2 is 1.30 bits per heavy atom. The average molecular weight is 428 g/mol. The molecule has 0 spiro atoms. The van der Waals surface area contributed by atoms with Gasteiger partial charge in [0.15, 0.2) is 0 Å². The molecule has 148 valence electrons. The second-order valence-electron chi connectivity index (χ2n) is 5.09. The number of aromatic nitrogens is 1. The highest BCUT2D eigenvalue weighted by atomic mass is 35.5. The Labute approximate surface area is 147 Å². The quantitative estimate of drug-likeness (QED) is 0.536. The molecule has 27 heavy (non-hydrogen) atoms. The number of alkyl halides is 9. The van der Waals surface area contributed by atoms with E-state index in [9.17, 15) is 48.7 Å². The third-order valence-corrected chi connectivity index (χ3v) is 3.54. The Hall–Kier alpha value is -2.24. The lowest BCUT2D eigenvalue weighted by atomic mass is 10.1. The minimum Gasteiger partial charge on any atom is -0.279 e. The number of hydrogen-bond donors (Lipinski definition) is 0. The molecule has 1 aromatic heterocycles. The molecule has 0 bridgehead atoms. The summed E-state index contributed by atoms with van der Waals surface area (Å²) in [5.41, 5.74) is -9.32. The summed E-state index contributed by atoms with van der Waals surface area (Å²) in [6.07, 6.45) is -16.6. The average Bonchev–Trinajstić information content (AvgIpc) is 2.44. The van der Waals surface area contributed by atoms with Crippen molar-refractivity contribution in [2.24, 2.45) is 0 Å². The SMILES string of the molecule is O=c1cc(C(F)(F)F)c(C(F)(F)F)cn1-c1c(F)cc(C(F)(F)F)cc1Cl. The van der Waals surface area contributed by atoms with Crippen molar-refractivity contribution in [3.8, 4) is 5.69 Å². The number of halogens is 11. The van der Waals surface area contributed by atoms with Crippen molar-refractivity contribution in [2.75, 3.05) is 0 Å². The van der Waals surface area contributed by atoms with Crippen molar-refractivity contribution < 1.29 is 43.9 Å². The summed E-state index contributed by atoms with van der Waals surface area (Å²) >= 11 is 5.44. The number of benzene rings is 1. The highest BCUT2D eigenvalue weighted by molar-refractivity contribution is 6.32. The molecule has 2 rings (SSSR count). The van der Waals surface area contributed by atoms with Gasteiger partial charge in [-0.15, -0.1) is 0 Å². The third-order valence-electron chi connectivity index (χ3n) is 3.25. The maximum atomic E-state index is 14.0. The van der Waals surface area contributed by atoms with Crippen LogP contribution in [0.3, 0.4) is 0 Å². The Bertz CT molecular complexity index is 916. The maximum absolute atomic E-state index is 14.0. The first-order valence-corrected chi connectivity index (χ1v) is 6.89. The standard InChI is InChI=1S/C14H4ClF10NO/c15-8-1-5(12(17,18)19)2-9(16)11(8)26-4-7(14(23,24)25)6(3-10(26)27)13(20,21)22/h1-4H. The van der Waals surface area contributed by atoms with Gasteiger partial charge in [-0.2, -0.15) is 39.5 Å². The Kier molecular flexibility index (Phi) is 5.01. The molecular weight excluding hydrogens is 424 g/mol. The van der Waals surface area contributed by atoms with Gasteiger partial charge < -0.3 is 0 Å². The second-order valence-corrected chi connectivity index (χ2v) is 5.50. The van der Waals surface area contributed by atoms with Crippen LogP contribution in [0.1, 0.15) is 16.7 Å². The first-order chi connectivity index (χ1) is 12.0. The molecule has 1 heterocycles. The summed E-state index contributed by atoms with van der Waals surface area (Å²) in [5, 5.41) is -1.13. The van der Waals surface area contributed by atoms with Gasteiger partial charge in [0, 0.05) is 12.3 Å². The van der Waals surface area contributed by atoms with Crippen LogP contribution >= 0.6 is 11.6 Å².